The zero-order valence-corrected chi connectivity index (χ0v) is 40.1. The Morgan fingerprint density at radius 3 is 1.97 bits per heavy atom. The summed E-state index contributed by atoms with van der Waals surface area (Å²) in [6.07, 6.45) is 5.85. The molecule has 0 aliphatic carbocycles. The fourth-order valence-electron chi connectivity index (χ4n) is 10.7. The van der Waals surface area contributed by atoms with E-state index >= 15 is 0 Å². The molecule has 68 heavy (non-hydrogen) atoms. The molecule has 0 bridgehead atoms. The topological polar surface area (TPSA) is 22.9 Å². The van der Waals surface area contributed by atoms with E-state index in [-0.39, 0.29) is 12.1 Å². The van der Waals surface area contributed by atoms with Crippen LogP contribution < -0.4 is 31.1 Å². The van der Waals surface area contributed by atoms with Gasteiger partial charge in [-0.15, -0.1) is 0 Å². The van der Waals surface area contributed by atoms with E-state index in [1.165, 1.54) is 44.3 Å². The summed E-state index contributed by atoms with van der Waals surface area (Å²) in [6.45, 7) is 24.2. The molecule has 4 nitrogen and oxygen atoms in total. The SMILES string of the molecule is C=C/C=C(\C=C)c1ccccc1N1c2ccc(C(C)(C)C)cc2B2c3cc(C)ccc3N(c3ccc(C)cc3)c3cc(N(c4ccccc4)c4cccc5c4oc4c(C(C)C)cccc45)cc1c32. The normalized spacial score (nSPS) is 13.2. The fraction of sp³-hybridized carbons (Fsp3) is 0.143. The standard InChI is InChI=1S/C63H56BN3O/c1-10-19-43(11-2)49-22-15-16-26-54(49)67-56-35-31-44(63(7,8)9)37-53(56)64-52-36-42(6)30-34-55(52)66(46-32-28-41(5)29-33-46)58-38-47(39-59(67)60(58)64)65(45-20-13-12-14-21-45)57-27-18-25-51-50-24-17-23-48(40(3)4)61(50)68-62(51)57/h10-40H,1-2H2,3-9H3/b43-19+. The number of hydrogen-bond donors (Lipinski definition) is 0. The first-order valence-corrected chi connectivity index (χ1v) is 23.9. The number of hydrogen-bond acceptors (Lipinski definition) is 4. The highest BCUT2D eigenvalue weighted by atomic mass is 16.3. The largest absolute Gasteiger partial charge is 0.454 e. The molecule has 1 aromatic heterocycles. The van der Waals surface area contributed by atoms with Gasteiger partial charge in [-0.25, -0.2) is 0 Å². The molecule has 0 saturated heterocycles. The number of aryl methyl sites for hydroxylation is 2. The molecule has 3 heterocycles. The maximum absolute atomic E-state index is 7.12. The predicted molar refractivity (Wildman–Crippen MR) is 293 cm³/mol. The highest BCUT2D eigenvalue weighted by Crippen LogP contribution is 2.51. The Labute approximate surface area is 401 Å². The van der Waals surface area contributed by atoms with Crippen LogP contribution in [0.25, 0.3) is 27.5 Å². The number of anilines is 9. The zero-order valence-electron chi connectivity index (χ0n) is 40.1. The van der Waals surface area contributed by atoms with Crippen LogP contribution in [-0.2, 0) is 5.41 Å². The van der Waals surface area contributed by atoms with Gasteiger partial charge in [0.05, 0.1) is 17.1 Å². The van der Waals surface area contributed by atoms with Gasteiger partial charge in [0.2, 0.25) is 0 Å². The van der Waals surface area contributed by atoms with Crippen LogP contribution in [0.2, 0.25) is 0 Å². The molecule has 0 N–H and O–H groups in total. The monoisotopic (exact) mass is 881 g/mol. The first-order valence-electron chi connectivity index (χ1n) is 23.9. The number of furan rings is 1. The quantitative estimate of drug-likeness (QED) is 0.106. The smallest absolute Gasteiger partial charge is 0.252 e. The molecule has 0 spiro atoms. The van der Waals surface area contributed by atoms with E-state index in [4.69, 9.17) is 4.42 Å². The summed E-state index contributed by atoms with van der Waals surface area (Å²) >= 11 is 0. The van der Waals surface area contributed by atoms with Gasteiger partial charge in [-0.3, -0.25) is 0 Å². The Morgan fingerprint density at radius 1 is 0.603 bits per heavy atom. The summed E-state index contributed by atoms with van der Waals surface area (Å²) < 4.78 is 7.12. The van der Waals surface area contributed by atoms with Crippen molar-refractivity contribution in [3.8, 4) is 0 Å². The van der Waals surface area contributed by atoms with Crippen molar-refractivity contribution in [3.63, 3.8) is 0 Å². The summed E-state index contributed by atoms with van der Waals surface area (Å²) in [6, 6.07) is 60.7. The van der Waals surface area contributed by atoms with Gasteiger partial charge in [-0.05, 0) is 119 Å². The van der Waals surface area contributed by atoms with Crippen LogP contribution in [0.1, 0.15) is 68.4 Å². The predicted octanol–water partition coefficient (Wildman–Crippen LogP) is 15.9. The summed E-state index contributed by atoms with van der Waals surface area (Å²) in [7, 11) is 0. The third kappa shape index (κ3) is 6.91. The molecule has 11 rings (SSSR count). The summed E-state index contributed by atoms with van der Waals surface area (Å²) in [5.41, 5.74) is 22.3. The lowest BCUT2D eigenvalue weighted by Gasteiger charge is -2.45. The fourth-order valence-corrected chi connectivity index (χ4v) is 10.7. The summed E-state index contributed by atoms with van der Waals surface area (Å²) in [4.78, 5) is 7.42. The van der Waals surface area contributed by atoms with Gasteiger partial charge in [0.25, 0.3) is 6.71 Å². The van der Waals surface area contributed by atoms with Crippen LogP contribution in [0.15, 0.2) is 200 Å². The first-order chi connectivity index (χ1) is 32.9. The van der Waals surface area contributed by atoms with E-state index in [9.17, 15) is 0 Å². The van der Waals surface area contributed by atoms with Crippen molar-refractivity contribution >= 4 is 102 Å². The number of benzene rings is 8. The number of para-hydroxylation sites is 4. The maximum atomic E-state index is 7.12. The molecule has 0 amide bonds. The molecule has 0 unspecified atom stereocenters. The van der Waals surface area contributed by atoms with E-state index in [2.05, 4.69) is 246 Å². The number of rotatable bonds is 9. The summed E-state index contributed by atoms with van der Waals surface area (Å²) in [5.74, 6) is 0.299. The van der Waals surface area contributed by atoms with Crippen molar-refractivity contribution in [1.82, 2.24) is 0 Å². The van der Waals surface area contributed by atoms with Crippen molar-refractivity contribution in [1.29, 1.82) is 0 Å². The van der Waals surface area contributed by atoms with Gasteiger partial charge < -0.3 is 19.1 Å². The van der Waals surface area contributed by atoms with Crippen molar-refractivity contribution in [2.24, 2.45) is 0 Å². The second kappa shape index (κ2) is 16.5. The molecule has 332 valence electrons. The Balaban J connectivity index is 1.30. The van der Waals surface area contributed by atoms with Crippen LogP contribution in [-0.4, -0.2) is 6.71 Å². The van der Waals surface area contributed by atoms with Crippen LogP contribution in [0, 0.1) is 13.8 Å². The first kappa shape index (κ1) is 42.9. The molecule has 0 fully saturated rings. The van der Waals surface area contributed by atoms with Crippen LogP contribution in [0.4, 0.5) is 51.2 Å². The van der Waals surface area contributed by atoms with Crippen molar-refractivity contribution in [3.05, 3.63) is 223 Å². The average Bonchev–Trinajstić information content (AvgIpc) is 3.73. The molecule has 5 heteroatoms. The van der Waals surface area contributed by atoms with E-state index in [0.717, 1.165) is 78.6 Å². The molecule has 8 aromatic carbocycles. The molecule has 2 aliphatic heterocycles. The van der Waals surface area contributed by atoms with Gasteiger partial charge in [0.1, 0.15) is 5.58 Å². The van der Waals surface area contributed by atoms with E-state index in [1.54, 1.807) is 0 Å². The van der Waals surface area contributed by atoms with Gasteiger partial charge >= 0.3 is 0 Å². The third-order valence-electron chi connectivity index (χ3n) is 14.0. The minimum absolute atomic E-state index is 0.0626. The summed E-state index contributed by atoms with van der Waals surface area (Å²) in [5, 5.41) is 2.22. The Hall–Kier alpha value is -7.76. The minimum Gasteiger partial charge on any atom is -0.454 e. The molecular weight excluding hydrogens is 826 g/mol. The molecule has 0 atom stereocenters. The van der Waals surface area contributed by atoms with Crippen LogP contribution in [0.3, 0.4) is 0 Å². The number of nitrogens with zero attached hydrogens (tertiary/aromatic N) is 3. The highest BCUT2D eigenvalue weighted by molar-refractivity contribution is 7.00. The average molecular weight is 882 g/mol. The number of allylic oxidation sites excluding steroid dienone is 4. The molecule has 0 radical (unpaired) electrons. The van der Waals surface area contributed by atoms with Gasteiger partial charge in [0, 0.05) is 50.5 Å². The Morgan fingerprint density at radius 2 is 1.25 bits per heavy atom. The van der Waals surface area contributed by atoms with Crippen molar-refractivity contribution in [2.45, 2.75) is 59.8 Å². The lowest BCUT2D eigenvalue weighted by atomic mass is 9.33. The van der Waals surface area contributed by atoms with Crippen molar-refractivity contribution in [2.75, 3.05) is 14.7 Å². The van der Waals surface area contributed by atoms with E-state index < -0.39 is 0 Å². The second-order valence-electron chi connectivity index (χ2n) is 19.8. The Bertz CT molecular complexity index is 3500. The lowest BCUT2D eigenvalue weighted by molar-refractivity contribution is 0.591. The van der Waals surface area contributed by atoms with E-state index in [1.807, 2.05) is 12.2 Å². The molecule has 9 aromatic rings. The van der Waals surface area contributed by atoms with Crippen LogP contribution >= 0.6 is 0 Å². The second-order valence-corrected chi connectivity index (χ2v) is 19.8. The van der Waals surface area contributed by atoms with Gasteiger partial charge in [0.15, 0.2) is 5.58 Å². The van der Waals surface area contributed by atoms with Crippen LogP contribution in [0.5, 0.6) is 0 Å². The van der Waals surface area contributed by atoms with Gasteiger partial charge in [-0.1, -0.05) is 180 Å². The van der Waals surface area contributed by atoms with Crippen molar-refractivity contribution < 1.29 is 4.42 Å². The highest BCUT2D eigenvalue weighted by Gasteiger charge is 2.45. The molecule has 2 aliphatic rings. The molecule has 0 saturated carbocycles. The zero-order chi connectivity index (χ0) is 47.0. The Kier molecular flexibility index (Phi) is 10.4. The lowest BCUT2D eigenvalue weighted by Crippen LogP contribution is -2.61. The third-order valence-corrected chi connectivity index (χ3v) is 14.0. The number of fused-ring (bicyclic) bond motifs is 7. The van der Waals surface area contributed by atoms with Gasteiger partial charge in [-0.2, -0.15) is 0 Å². The van der Waals surface area contributed by atoms with E-state index in [0.29, 0.717) is 5.92 Å². The minimum atomic E-state index is -0.0741. The maximum Gasteiger partial charge on any atom is 0.252 e. The molecular formula is C63H56BN3O.